The number of benzene rings is 1. The van der Waals surface area contributed by atoms with Gasteiger partial charge in [0, 0.05) is 24.3 Å². The molecule has 0 radical (unpaired) electrons. The number of hydrogen-bond donors (Lipinski definition) is 1. The lowest BCUT2D eigenvalue weighted by atomic mass is 10.2. The fraction of sp³-hybridized carbons (Fsp3) is 0.333. The molecule has 0 fully saturated rings. The minimum atomic E-state index is -0.224. The molecule has 0 atom stereocenters. The number of carbonyl (C=O) groups is 1. The molecule has 2 rings (SSSR count). The maximum absolute atomic E-state index is 12.3. The molecular weight excluding hydrogens is 310 g/mol. The lowest BCUT2D eigenvalue weighted by Gasteiger charge is -2.18. The van der Waals surface area contributed by atoms with E-state index in [9.17, 15) is 4.79 Å². The molecule has 122 valence electrons. The van der Waals surface area contributed by atoms with Crippen molar-refractivity contribution in [3.63, 3.8) is 0 Å². The second-order valence-electron chi connectivity index (χ2n) is 5.59. The molecule has 23 heavy (non-hydrogen) atoms. The molecule has 0 aliphatic heterocycles. The van der Waals surface area contributed by atoms with E-state index in [-0.39, 0.29) is 5.91 Å². The Morgan fingerprint density at radius 1 is 1.30 bits per heavy atom. The smallest absolute Gasteiger partial charge is 0.274 e. The van der Waals surface area contributed by atoms with Crippen LogP contribution in [0.15, 0.2) is 36.5 Å². The molecule has 0 saturated carbocycles. The highest BCUT2D eigenvalue weighted by atomic mass is 35.5. The van der Waals surface area contributed by atoms with E-state index in [1.165, 1.54) is 0 Å². The van der Waals surface area contributed by atoms with Crippen molar-refractivity contribution >= 4 is 28.9 Å². The number of rotatable bonds is 6. The van der Waals surface area contributed by atoms with Crippen LogP contribution in [0.1, 0.15) is 35.8 Å². The molecule has 0 bridgehead atoms. The van der Waals surface area contributed by atoms with Crippen LogP contribution >= 0.6 is 11.6 Å². The Morgan fingerprint density at radius 2 is 2.09 bits per heavy atom. The first-order valence-corrected chi connectivity index (χ1v) is 8.13. The van der Waals surface area contributed by atoms with Crippen molar-refractivity contribution in [2.45, 2.75) is 26.7 Å². The number of hydrogen-bond acceptors (Lipinski definition) is 3. The van der Waals surface area contributed by atoms with E-state index in [2.05, 4.69) is 22.1 Å². The van der Waals surface area contributed by atoms with Gasteiger partial charge in [-0.1, -0.05) is 24.9 Å². The average Bonchev–Trinajstić information content (AvgIpc) is 2.55. The number of nitrogens with zero attached hydrogens (tertiary/aromatic N) is 2. The highest BCUT2D eigenvalue weighted by Crippen LogP contribution is 2.20. The summed E-state index contributed by atoms with van der Waals surface area (Å²) in [5.41, 5.74) is 3.07. The van der Waals surface area contributed by atoms with Crippen molar-refractivity contribution in [3.8, 4) is 0 Å². The third-order valence-corrected chi connectivity index (χ3v) is 3.94. The summed E-state index contributed by atoms with van der Waals surface area (Å²) in [5.74, 6) is -0.224. The minimum Gasteiger partial charge on any atom is -0.373 e. The number of carbonyl (C=O) groups excluding carboxylic acids is 1. The van der Waals surface area contributed by atoms with Crippen LogP contribution in [0.25, 0.3) is 0 Å². The number of aromatic nitrogens is 1. The monoisotopic (exact) mass is 331 g/mol. The molecule has 5 heteroatoms. The minimum absolute atomic E-state index is 0.224. The van der Waals surface area contributed by atoms with Crippen LogP contribution in [0.5, 0.6) is 0 Å². The van der Waals surface area contributed by atoms with Gasteiger partial charge in [-0.05, 0) is 49.2 Å². The number of aryl methyl sites for hydroxylation is 1. The van der Waals surface area contributed by atoms with Gasteiger partial charge in [0.25, 0.3) is 5.91 Å². The first-order chi connectivity index (χ1) is 11.0. The van der Waals surface area contributed by atoms with Gasteiger partial charge in [-0.3, -0.25) is 4.79 Å². The third-order valence-electron chi connectivity index (χ3n) is 3.71. The van der Waals surface area contributed by atoms with Gasteiger partial charge in [0.1, 0.15) is 5.69 Å². The number of pyridine rings is 1. The van der Waals surface area contributed by atoms with Gasteiger partial charge in [-0.15, -0.1) is 0 Å². The predicted molar refractivity (Wildman–Crippen MR) is 96.6 cm³/mol. The summed E-state index contributed by atoms with van der Waals surface area (Å²) < 4.78 is 0. The first kappa shape index (κ1) is 17.3. The van der Waals surface area contributed by atoms with E-state index in [0.29, 0.717) is 10.7 Å². The molecule has 1 aromatic heterocycles. The standard InChI is InChI=1S/C18H22ClN3O/c1-4-5-10-22(3)15-7-9-17(20-12-15)18(23)21-16-8-6-14(19)11-13(16)2/h6-9,11-12H,4-5,10H2,1-3H3,(H,21,23). The first-order valence-electron chi connectivity index (χ1n) is 7.76. The van der Waals surface area contributed by atoms with Gasteiger partial charge in [-0.25, -0.2) is 4.98 Å². The number of unbranched alkanes of at least 4 members (excludes halogenated alkanes) is 1. The summed E-state index contributed by atoms with van der Waals surface area (Å²) in [6.07, 6.45) is 4.02. The molecular formula is C18H22ClN3O. The Morgan fingerprint density at radius 3 is 2.70 bits per heavy atom. The van der Waals surface area contributed by atoms with Crippen LogP contribution in [0.4, 0.5) is 11.4 Å². The third kappa shape index (κ3) is 4.70. The van der Waals surface area contributed by atoms with Gasteiger partial charge >= 0.3 is 0 Å². The zero-order chi connectivity index (χ0) is 16.8. The van der Waals surface area contributed by atoms with Gasteiger partial charge in [0.2, 0.25) is 0 Å². The van der Waals surface area contributed by atoms with Crippen molar-refractivity contribution < 1.29 is 4.79 Å². The fourth-order valence-corrected chi connectivity index (χ4v) is 2.45. The Labute approximate surface area is 142 Å². The Balaban J connectivity index is 2.05. The zero-order valence-electron chi connectivity index (χ0n) is 13.8. The Hall–Kier alpha value is -2.07. The zero-order valence-corrected chi connectivity index (χ0v) is 14.5. The number of anilines is 2. The molecule has 0 saturated heterocycles. The van der Waals surface area contributed by atoms with Crippen LogP contribution in [-0.2, 0) is 0 Å². The molecule has 1 heterocycles. The second-order valence-corrected chi connectivity index (χ2v) is 6.03. The molecule has 4 nitrogen and oxygen atoms in total. The fourth-order valence-electron chi connectivity index (χ4n) is 2.22. The normalized spacial score (nSPS) is 10.4. The van der Waals surface area contributed by atoms with E-state index in [1.807, 2.05) is 26.1 Å². The summed E-state index contributed by atoms with van der Waals surface area (Å²) in [6.45, 7) is 5.05. The molecule has 0 aliphatic rings. The van der Waals surface area contributed by atoms with E-state index in [4.69, 9.17) is 11.6 Å². The molecule has 0 aliphatic carbocycles. The molecule has 0 unspecified atom stereocenters. The van der Waals surface area contributed by atoms with Crippen molar-refractivity contribution in [3.05, 3.63) is 52.8 Å². The molecule has 2 aromatic rings. The van der Waals surface area contributed by atoms with Crippen LogP contribution in [-0.4, -0.2) is 24.5 Å². The molecule has 1 aromatic carbocycles. The van der Waals surface area contributed by atoms with Crippen molar-refractivity contribution in [1.29, 1.82) is 0 Å². The van der Waals surface area contributed by atoms with Crippen LogP contribution in [0.3, 0.4) is 0 Å². The van der Waals surface area contributed by atoms with Crippen molar-refractivity contribution in [2.24, 2.45) is 0 Å². The van der Waals surface area contributed by atoms with Gasteiger partial charge in [0.15, 0.2) is 0 Å². The summed E-state index contributed by atoms with van der Waals surface area (Å²) in [7, 11) is 2.03. The predicted octanol–water partition coefficient (Wildman–Crippen LogP) is 4.53. The number of amides is 1. The molecule has 1 amide bonds. The Kier molecular flexibility index (Phi) is 5.99. The summed E-state index contributed by atoms with van der Waals surface area (Å²) in [5, 5.41) is 3.51. The summed E-state index contributed by atoms with van der Waals surface area (Å²) >= 11 is 5.92. The molecule has 0 spiro atoms. The lowest BCUT2D eigenvalue weighted by molar-refractivity contribution is 0.102. The summed E-state index contributed by atoms with van der Waals surface area (Å²) in [4.78, 5) is 18.7. The van der Waals surface area contributed by atoms with Gasteiger partial charge < -0.3 is 10.2 Å². The quantitative estimate of drug-likeness (QED) is 0.845. The second kappa shape index (κ2) is 7.97. The van der Waals surface area contributed by atoms with E-state index in [1.54, 1.807) is 24.4 Å². The van der Waals surface area contributed by atoms with Crippen molar-refractivity contribution in [2.75, 3.05) is 23.8 Å². The van der Waals surface area contributed by atoms with Crippen LogP contribution in [0.2, 0.25) is 5.02 Å². The average molecular weight is 332 g/mol. The van der Waals surface area contributed by atoms with E-state index < -0.39 is 0 Å². The Bertz CT molecular complexity index is 670. The maximum Gasteiger partial charge on any atom is 0.274 e. The maximum atomic E-state index is 12.3. The highest BCUT2D eigenvalue weighted by molar-refractivity contribution is 6.30. The topological polar surface area (TPSA) is 45.2 Å². The van der Waals surface area contributed by atoms with Gasteiger partial charge in [0.05, 0.1) is 11.9 Å². The largest absolute Gasteiger partial charge is 0.373 e. The van der Waals surface area contributed by atoms with Gasteiger partial charge in [-0.2, -0.15) is 0 Å². The van der Waals surface area contributed by atoms with E-state index >= 15 is 0 Å². The highest BCUT2D eigenvalue weighted by Gasteiger charge is 2.10. The van der Waals surface area contributed by atoms with Crippen LogP contribution in [0, 0.1) is 6.92 Å². The van der Waals surface area contributed by atoms with Crippen molar-refractivity contribution in [1.82, 2.24) is 4.98 Å². The number of halogens is 1. The lowest BCUT2D eigenvalue weighted by Crippen LogP contribution is -2.19. The molecule has 1 N–H and O–H groups in total. The number of nitrogens with one attached hydrogen (secondary N) is 1. The SMILES string of the molecule is CCCCN(C)c1ccc(C(=O)Nc2ccc(Cl)cc2C)nc1. The summed E-state index contributed by atoms with van der Waals surface area (Å²) in [6, 6.07) is 9.03. The van der Waals surface area contributed by atoms with E-state index in [0.717, 1.165) is 36.3 Å². The van der Waals surface area contributed by atoms with Crippen LogP contribution < -0.4 is 10.2 Å².